The summed E-state index contributed by atoms with van der Waals surface area (Å²) in [6.07, 6.45) is -0.0922. The van der Waals surface area contributed by atoms with Crippen LogP contribution in [0.5, 0.6) is 0 Å². The van der Waals surface area contributed by atoms with Gasteiger partial charge < -0.3 is 20.5 Å². The third kappa shape index (κ3) is 6.41. The van der Waals surface area contributed by atoms with Crippen LogP contribution in [0, 0.1) is 17.3 Å². The highest BCUT2D eigenvalue weighted by Gasteiger charge is 2.35. The van der Waals surface area contributed by atoms with Crippen molar-refractivity contribution in [2.45, 2.75) is 53.0 Å². The molecule has 0 saturated heterocycles. The largest absolute Gasteiger partial charge is 0.480 e. The minimum Gasteiger partial charge on any atom is -0.480 e. The van der Waals surface area contributed by atoms with E-state index in [1.165, 1.54) is 0 Å². The number of hydrogen-bond donors (Lipinski definition) is 3. The second-order valence-electron chi connectivity index (χ2n) is 10.7. The lowest BCUT2D eigenvalue weighted by Crippen LogP contribution is -2.52. The van der Waals surface area contributed by atoms with Crippen LogP contribution in [0.1, 0.15) is 58.1 Å². The second-order valence-corrected chi connectivity index (χ2v) is 10.7. The summed E-state index contributed by atoms with van der Waals surface area (Å²) >= 11 is 0. The molecule has 0 fully saturated rings. The number of ether oxygens (including phenoxy) is 1. The number of carboxylic acids is 1. The number of amides is 2. The summed E-state index contributed by atoms with van der Waals surface area (Å²) in [6, 6.07) is 15.2. The molecule has 2 aromatic carbocycles. The van der Waals surface area contributed by atoms with Gasteiger partial charge in [-0.05, 0) is 40.0 Å². The fourth-order valence-corrected chi connectivity index (χ4v) is 4.62. The third-order valence-electron chi connectivity index (χ3n) is 6.36. The first kappa shape index (κ1) is 26.3. The topological polar surface area (TPSA) is 105 Å². The molecule has 3 N–H and O–H groups in total. The van der Waals surface area contributed by atoms with E-state index in [-0.39, 0.29) is 30.9 Å². The number of fused-ring (bicyclic) bond motifs is 3. The van der Waals surface area contributed by atoms with E-state index in [0.717, 1.165) is 22.3 Å². The van der Waals surface area contributed by atoms with Crippen molar-refractivity contribution < 1.29 is 24.2 Å². The fourth-order valence-electron chi connectivity index (χ4n) is 4.62. The van der Waals surface area contributed by atoms with Crippen molar-refractivity contribution in [1.29, 1.82) is 0 Å². The average Bonchev–Trinajstić information content (AvgIpc) is 3.11. The smallest absolute Gasteiger partial charge is 0.407 e. The van der Waals surface area contributed by atoms with Crippen LogP contribution in [0.4, 0.5) is 4.79 Å². The highest BCUT2D eigenvalue weighted by molar-refractivity contribution is 5.86. The van der Waals surface area contributed by atoms with Crippen molar-refractivity contribution in [3.8, 4) is 11.1 Å². The summed E-state index contributed by atoms with van der Waals surface area (Å²) in [5.41, 5.74) is 3.90. The van der Waals surface area contributed by atoms with Crippen LogP contribution >= 0.6 is 0 Å². The Balaban J connectivity index is 1.61. The van der Waals surface area contributed by atoms with Gasteiger partial charge in [-0.3, -0.25) is 4.79 Å². The molecule has 188 valence electrons. The molecule has 1 aliphatic carbocycles. The molecule has 2 unspecified atom stereocenters. The first-order valence-corrected chi connectivity index (χ1v) is 12.1. The molecule has 0 radical (unpaired) electrons. The summed E-state index contributed by atoms with van der Waals surface area (Å²) in [7, 11) is 0. The van der Waals surface area contributed by atoms with Gasteiger partial charge >= 0.3 is 12.1 Å². The molecular weight excluding hydrogens is 444 g/mol. The molecule has 1 aliphatic rings. The van der Waals surface area contributed by atoms with Gasteiger partial charge in [0.25, 0.3) is 0 Å². The van der Waals surface area contributed by atoms with E-state index in [9.17, 15) is 19.5 Å². The van der Waals surface area contributed by atoms with Gasteiger partial charge in [-0.2, -0.15) is 0 Å². The second kappa shape index (κ2) is 10.9. The van der Waals surface area contributed by atoms with Gasteiger partial charge in [0.2, 0.25) is 5.91 Å². The van der Waals surface area contributed by atoms with Gasteiger partial charge in [0.1, 0.15) is 12.6 Å². The van der Waals surface area contributed by atoms with Crippen LogP contribution < -0.4 is 10.6 Å². The molecule has 0 aliphatic heterocycles. The van der Waals surface area contributed by atoms with Crippen LogP contribution in [0.25, 0.3) is 11.1 Å². The molecule has 2 amide bonds. The predicted octanol–water partition coefficient (Wildman–Crippen LogP) is 4.80. The van der Waals surface area contributed by atoms with Crippen LogP contribution in [-0.4, -0.2) is 42.3 Å². The molecule has 0 bridgehead atoms. The maximum Gasteiger partial charge on any atom is 0.407 e. The van der Waals surface area contributed by atoms with E-state index in [1.807, 2.05) is 38.1 Å². The van der Waals surface area contributed by atoms with E-state index >= 15 is 0 Å². The lowest BCUT2D eigenvalue weighted by Gasteiger charge is -2.30. The number of alkyl carbamates (subject to hydrolysis) is 1. The minimum absolute atomic E-state index is 0.0500. The number of aliphatic carboxylic acids is 1. The zero-order chi connectivity index (χ0) is 25.8. The highest BCUT2D eigenvalue weighted by Crippen LogP contribution is 2.44. The Morgan fingerprint density at radius 1 is 0.971 bits per heavy atom. The number of carboxylic acid groups (broad SMARTS) is 1. The van der Waals surface area contributed by atoms with E-state index < -0.39 is 29.4 Å². The Morgan fingerprint density at radius 2 is 1.51 bits per heavy atom. The number of rotatable bonds is 9. The quantitative estimate of drug-likeness (QED) is 0.478. The molecule has 7 heteroatoms. The monoisotopic (exact) mass is 480 g/mol. The van der Waals surface area contributed by atoms with Gasteiger partial charge in [0.15, 0.2) is 0 Å². The molecule has 0 aromatic heterocycles. The van der Waals surface area contributed by atoms with Crippen molar-refractivity contribution in [1.82, 2.24) is 10.6 Å². The zero-order valence-corrected chi connectivity index (χ0v) is 21.1. The van der Waals surface area contributed by atoms with Gasteiger partial charge in [-0.15, -0.1) is 0 Å². The predicted molar refractivity (Wildman–Crippen MR) is 135 cm³/mol. The van der Waals surface area contributed by atoms with E-state index in [0.29, 0.717) is 6.42 Å². The molecule has 0 heterocycles. The molecular formula is C28H36N2O5. The first-order chi connectivity index (χ1) is 16.5. The summed E-state index contributed by atoms with van der Waals surface area (Å²) in [4.78, 5) is 37.2. The van der Waals surface area contributed by atoms with Crippen LogP contribution in [0.3, 0.4) is 0 Å². The first-order valence-electron chi connectivity index (χ1n) is 12.1. The zero-order valence-electron chi connectivity index (χ0n) is 21.1. The lowest BCUT2D eigenvalue weighted by atomic mass is 9.86. The molecule has 35 heavy (non-hydrogen) atoms. The summed E-state index contributed by atoms with van der Waals surface area (Å²) in [6.45, 7) is 9.50. The Morgan fingerprint density at radius 3 is 2.00 bits per heavy atom. The molecule has 2 atom stereocenters. The molecule has 2 aromatic rings. The number of nitrogens with one attached hydrogen (secondary N) is 2. The SMILES string of the molecule is CC(C)CC(CNC(=O)OCC1c2ccccc2-c2ccccc21)C(=O)NC(C(=O)O)C(C)(C)C. The Hall–Kier alpha value is -3.35. The summed E-state index contributed by atoms with van der Waals surface area (Å²) in [5, 5.41) is 14.9. The normalized spacial score (nSPS) is 14.6. The third-order valence-corrected chi connectivity index (χ3v) is 6.36. The Kier molecular flexibility index (Phi) is 8.20. The lowest BCUT2D eigenvalue weighted by molar-refractivity contribution is -0.145. The molecule has 0 saturated carbocycles. The number of hydrogen-bond acceptors (Lipinski definition) is 4. The molecule has 0 spiro atoms. The highest BCUT2D eigenvalue weighted by atomic mass is 16.5. The maximum atomic E-state index is 12.9. The van der Waals surface area contributed by atoms with E-state index in [2.05, 4.69) is 34.9 Å². The molecule has 3 rings (SSSR count). The van der Waals surface area contributed by atoms with Crippen molar-refractivity contribution >= 4 is 18.0 Å². The number of carbonyl (C=O) groups excluding carboxylic acids is 2. The van der Waals surface area contributed by atoms with Crippen molar-refractivity contribution in [3.63, 3.8) is 0 Å². The fraction of sp³-hybridized carbons (Fsp3) is 0.464. The standard InChI is InChI=1S/C28H36N2O5/c1-17(2)14-18(25(31)30-24(26(32)33)28(3,4)5)15-29-27(34)35-16-23-21-12-8-6-10-19(21)20-11-7-9-13-22(20)23/h6-13,17-18,23-24H,14-16H2,1-5H3,(H,29,34)(H,30,31)(H,32,33). The summed E-state index contributed by atoms with van der Waals surface area (Å²) < 4.78 is 5.57. The van der Waals surface area contributed by atoms with E-state index in [4.69, 9.17) is 4.74 Å². The van der Waals surface area contributed by atoms with Crippen molar-refractivity contribution in [3.05, 3.63) is 59.7 Å². The molecule has 7 nitrogen and oxygen atoms in total. The van der Waals surface area contributed by atoms with Crippen LogP contribution in [0.15, 0.2) is 48.5 Å². The summed E-state index contributed by atoms with van der Waals surface area (Å²) in [5.74, 6) is -1.91. The van der Waals surface area contributed by atoms with Crippen LogP contribution in [0.2, 0.25) is 0 Å². The van der Waals surface area contributed by atoms with Gasteiger partial charge in [0, 0.05) is 12.5 Å². The Labute approximate surface area is 207 Å². The Bertz CT molecular complexity index is 1030. The maximum absolute atomic E-state index is 12.9. The van der Waals surface area contributed by atoms with Crippen molar-refractivity contribution in [2.75, 3.05) is 13.2 Å². The van der Waals surface area contributed by atoms with E-state index in [1.54, 1.807) is 20.8 Å². The van der Waals surface area contributed by atoms with Crippen LogP contribution in [-0.2, 0) is 14.3 Å². The average molecular weight is 481 g/mol. The minimum atomic E-state index is -1.08. The van der Waals surface area contributed by atoms with Crippen molar-refractivity contribution in [2.24, 2.45) is 17.3 Å². The van der Waals surface area contributed by atoms with Gasteiger partial charge in [-0.25, -0.2) is 9.59 Å². The number of carbonyl (C=O) groups is 3. The van der Waals surface area contributed by atoms with Gasteiger partial charge in [-0.1, -0.05) is 83.1 Å². The number of benzene rings is 2. The van der Waals surface area contributed by atoms with Gasteiger partial charge in [0.05, 0.1) is 5.92 Å².